The Labute approximate surface area is 178 Å². The van der Waals surface area contributed by atoms with Crippen LogP contribution in [0.3, 0.4) is 0 Å². The van der Waals surface area contributed by atoms with Crippen molar-refractivity contribution in [2.45, 2.75) is 37.1 Å². The summed E-state index contributed by atoms with van der Waals surface area (Å²) in [5.41, 5.74) is 1.02. The monoisotopic (exact) mass is 434 g/mol. The summed E-state index contributed by atoms with van der Waals surface area (Å²) < 4.78 is 27.1. The minimum absolute atomic E-state index is 0.376. The van der Waals surface area contributed by atoms with Gasteiger partial charge in [0.2, 0.25) is 10.0 Å². The number of hydrogen-bond donors (Lipinski definition) is 1. The van der Waals surface area contributed by atoms with Crippen molar-refractivity contribution in [3.05, 3.63) is 52.2 Å². The first-order valence-electron chi connectivity index (χ1n) is 10.0. The van der Waals surface area contributed by atoms with Crippen molar-refractivity contribution in [2.24, 2.45) is 4.99 Å². The second kappa shape index (κ2) is 10.2. The number of benzene rings is 1. The van der Waals surface area contributed by atoms with Crippen molar-refractivity contribution in [2.75, 3.05) is 33.7 Å². The zero-order chi connectivity index (χ0) is 20.7. The fourth-order valence-electron chi connectivity index (χ4n) is 3.44. The molecule has 2 aromatic rings. The van der Waals surface area contributed by atoms with Gasteiger partial charge in [0.05, 0.1) is 4.90 Å². The summed E-state index contributed by atoms with van der Waals surface area (Å²) in [5.74, 6) is 0.826. The standard InChI is InChI=1S/C21H30N4O2S2/c1-22-21(24(2)15-12-19-7-6-16-28-19)23-17-18-8-10-20(11-9-18)29(26,27)25-13-4-3-5-14-25/h6-11,16H,3-5,12-15,17H2,1-2H3,(H,22,23). The molecule has 0 radical (unpaired) electrons. The lowest BCUT2D eigenvalue weighted by atomic mass is 10.2. The van der Waals surface area contributed by atoms with E-state index in [1.807, 2.05) is 19.2 Å². The van der Waals surface area contributed by atoms with Gasteiger partial charge in [-0.2, -0.15) is 4.31 Å². The third-order valence-corrected chi connectivity index (χ3v) is 8.02. The molecule has 1 N–H and O–H groups in total. The molecular weight excluding hydrogens is 404 g/mol. The minimum atomic E-state index is -3.38. The van der Waals surface area contributed by atoms with Crippen molar-refractivity contribution in [1.29, 1.82) is 0 Å². The van der Waals surface area contributed by atoms with Crippen LogP contribution in [-0.4, -0.2) is 57.3 Å². The van der Waals surface area contributed by atoms with Gasteiger partial charge in [-0.05, 0) is 48.4 Å². The molecule has 1 aromatic heterocycles. The second-order valence-electron chi connectivity index (χ2n) is 7.26. The van der Waals surface area contributed by atoms with E-state index in [0.717, 1.165) is 43.8 Å². The van der Waals surface area contributed by atoms with Gasteiger partial charge in [0.1, 0.15) is 0 Å². The van der Waals surface area contributed by atoms with Crippen molar-refractivity contribution in [3.63, 3.8) is 0 Å². The summed E-state index contributed by atoms with van der Waals surface area (Å²) in [6.45, 7) is 2.73. The van der Waals surface area contributed by atoms with Gasteiger partial charge >= 0.3 is 0 Å². The van der Waals surface area contributed by atoms with E-state index in [1.54, 1.807) is 34.8 Å². The summed E-state index contributed by atoms with van der Waals surface area (Å²) in [6.07, 6.45) is 3.98. The molecule has 0 unspecified atom stereocenters. The zero-order valence-corrected chi connectivity index (χ0v) is 18.8. The maximum Gasteiger partial charge on any atom is 0.243 e. The van der Waals surface area contributed by atoms with Crippen molar-refractivity contribution in [1.82, 2.24) is 14.5 Å². The van der Waals surface area contributed by atoms with Crippen LogP contribution in [-0.2, 0) is 23.0 Å². The Morgan fingerprint density at radius 1 is 1.17 bits per heavy atom. The molecule has 1 aliphatic rings. The topological polar surface area (TPSA) is 65.0 Å². The predicted molar refractivity (Wildman–Crippen MR) is 120 cm³/mol. The van der Waals surface area contributed by atoms with Crippen molar-refractivity contribution >= 4 is 27.3 Å². The van der Waals surface area contributed by atoms with Crippen LogP contribution in [0, 0.1) is 0 Å². The van der Waals surface area contributed by atoms with Gasteiger partial charge in [-0.15, -0.1) is 11.3 Å². The predicted octanol–water partition coefficient (Wildman–Crippen LogP) is 3.17. The van der Waals surface area contributed by atoms with E-state index in [4.69, 9.17) is 0 Å². The van der Waals surface area contributed by atoms with E-state index in [0.29, 0.717) is 24.5 Å². The molecule has 3 rings (SSSR count). The number of guanidine groups is 1. The Hall–Kier alpha value is -1.90. The van der Waals surface area contributed by atoms with Crippen LogP contribution in [0.1, 0.15) is 29.7 Å². The maximum atomic E-state index is 12.8. The van der Waals surface area contributed by atoms with Crippen molar-refractivity contribution < 1.29 is 8.42 Å². The lowest BCUT2D eigenvalue weighted by Crippen LogP contribution is -2.39. The Bertz CT molecular complexity index is 887. The first-order chi connectivity index (χ1) is 14.0. The van der Waals surface area contributed by atoms with E-state index in [2.05, 4.69) is 32.7 Å². The summed E-state index contributed by atoms with van der Waals surface area (Å²) in [4.78, 5) is 8.19. The summed E-state index contributed by atoms with van der Waals surface area (Å²) in [5, 5.41) is 5.45. The minimum Gasteiger partial charge on any atom is -0.352 e. The molecule has 29 heavy (non-hydrogen) atoms. The van der Waals surface area contributed by atoms with Gasteiger partial charge in [-0.1, -0.05) is 24.6 Å². The van der Waals surface area contributed by atoms with Crippen LogP contribution < -0.4 is 5.32 Å². The summed E-state index contributed by atoms with van der Waals surface area (Å²) in [7, 11) is 0.426. The van der Waals surface area contributed by atoms with E-state index in [1.165, 1.54) is 4.88 Å². The molecule has 0 atom stereocenters. The molecule has 2 heterocycles. The van der Waals surface area contributed by atoms with Gasteiger partial charge in [0.15, 0.2) is 5.96 Å². The zero-order valence-electron chi connectivity index (χ0n) is 17.2. The molecule has 0 aliphatic carbocycles. The highest BCUT2D eigenvalue weighted by Crippen LogP contribution is 2.20. The van der Waals surface area contributed by atoms with E-state index in [9.17, 15) is 8.42 Å². The number of piperidine rings is 1. The van der Waals surface area contributed by atoms with Gasteiger partial charge in [0.25, 0.3) is 0 Å². The summed E-state index contributed by atoms with van der Waals surface area (Å²) in [6, 6.07) is 11.4. The smallest absolute Gasteiger partial charge is 0.243 e. The van der Waals surface area contributed by atoms with Gasteiger partial charge in [0, 0.05) is 45.2 Å². The summed E-state index contributed by atoms with van der Waals surface area (Å²) >= 11 is 1.77. The lowest BCUT2D eigenvalue weighted by Gasteiger charge is -2.26. The molecule has 1 saturated heterocycles. The highest BCUT2D eigenvalue weighted by Gasteiger charge is 2.25. The number of nitrogens with one attached hydrogen (secondary N) is 1. The van der Waals surface area contributed by atoms with Crippen LogP contribution >= 0.6 is 11.3 Å². The molecule has 0 bridgehead atoms. The number of nitrogens with zero attached hydrogens (tertiary/aromatic N) is 3. The Balaban J connectivity index is 1.54. The second-order valence-corrected chi connectivity index (χ2v) is 10.2. The Morgan fingerprint density at radius 2 is 1.90 bits per heavy atom. The van der Waals surface area contributed by atoms with Crippen LogP contribution in [0.25, 0.3) is 0 Å². The molecule has 1 fully saturated rings. The first kappa shape index (κ1) is 21.8. The number of rotatable bonds is 7. The number of likely N-dealkylation sites (N-methyl/N-ethyl adjacent to an activating group) is 1. The molecular formula is C21H30N4O2S2. The molecule has 8 heteroatoms. The van der Waals surface area contributed by atoms with E-state index in [-0.39, 0.29) is 0 Å². The highest BCUT2D eigenvalue weighted by molar-refractivity contribution is 7.89. The number of hydrogen-bond acceptors (Lipinski definition) is 4. The molecule has 0 saturated carbocycles. The van der Waals surface area contributed by atoms with Crippen LogP contribution in [0.5, 0.6) is 0 Å². The quantitative estimate of drug-likeness (QED) is 0.537. The maximum absolute atomic E-state index is 12.8. The lowest BCUT2D eigenvalue weighted by molar-refractivity contribution is 0.346. The van der Waals surface area contributed by atoms with E-state index >= 15 is 0 Å². The fourth-order valence-corrected chi connectivity index (χ4v) is 5.65. The van der Waals surface area contributed by atoms with Crippen LogP contribution in [0.2, 0.25) is 0 Å². The van der Waals surface area contributed by atoms with Gasteiger partial charge in [-0.3, -0.25) is 4.99 Å². The average Bonchev–Trinajstić information content (AvgIpc) is 3.27. The molecule has 1 aliphatic heterocycles. The third kappa shape index (κ3) is 5.81. The van der Waals surface area contributed by atoms with Crippen LogP contribution in [0.15, 0.2) is 51.7 Å². The largest absolute Gasteiger partial charge is 0.352 e. The number of sulfonamides is 1. The van der Waals surface area contributed by atoms with Gasteiger partial charge in [-0.25, -0.2) is 8.42 Å². The molecule has 158 valence electrons. The Morgan fingerprint density at radius 3 is 2.52 bits per heavy atom. The number of thiophene rings is 1. The highest BCUT2D eigenvalue weighted by atomic mass is 32.2. The fraction of sp³-hybridized carbons (Fsp3) is 0.476. The molecule has 0 amide bonds. The average molecular weight is 435 g/mol. The third-order valence-electron chi connectivity index (χ3n) is 5.17. The Kier molecular flexibility index (Phi) is 7.69. The molecule has 0 spiro atoms. The molecule has 1 aromatic carbocycles. The number of aliphatic imine (C=N–C) groups is 1. The molecule has 6 nitrogen and oxygen atoms in total. The SMILES string of the molecule is CN=C(NCc1ccc(S(=O)(=O)N2CCCCC2)cc1)N(C)CCc1cccs1. The van der Waals surface area contributed by atoms with Crippen LogP contribution in [0.4, 0.5) is 0 Å². The first-order valence-corrected chi connectivity index (χ1v) is 12.4. The van der Waals surface area contributed by atoms with Crippen molar-refractivity contribution in [3.8, 4) is 0 Å². The normalized spacial score (nSPS) is 16.0. The van der Waals surface area contributed by atoms with Gasteiger partial charge < -0.3 is 10.2 Å². The van der Waals surface area contributed by atoms with E-state index < -0.39 is 10.0 Å².